The molecule has 1 aliphatic heterocycles. The van der Waals surface area contributed by atoms with Crippen LogP contribution in [-0.4, -0.2) is 42.7 Å². The first-order valence-corrected chi connectivity index (χ1v) is 11.2. The van der Waals surface area contributed by atoms with Gasteiger partial charge in [0.05, 0.1) is 26.4 Å². The van der Waals surface area contributed by atoms with Crippen LogP contribution in [0.2, 0.25) is 0 Å². The van der Waals surface area contributed by atoms with Gasteiger partial charge in [-0.3, -0.25) is 4.79 Å². The van der Waals surface area contributed by atoms with Crippen LogP contribution < -0.4 is 15.4 Å². The van der Waals surface area contributed by atoms with Gasteiger partial charge in [0.1, 0.15) is 17.3 Å². The van der Waals surface area contributed by atoms with Gasteiger partial charge < -0.3 is 25.1 Å². The zero-order chi connectivity index (χ0) is 24.3. The summed E-state index contributed by atoms with van der Waals surface area (Å²) in [5.41, 5.74) is 2.66. The molecule has 1 atom stereocenters. The first-order valence-electron chi connectivity index (χ1n) is 11.2. The van der Waals surface area contributed by atoms with E-state index in [0.29, 0.717) is 30.5 Å². The Morgan fingerprint density at radius 3 is 2.82 bits per heavy atom. The smallest absolute Gasteiger partial charge is 0.276 e. The molecule has 1 aromatic heterocycles. The molecule has 3 aromatic rings. The molecule has 0 bridgehead atoms. The van der Waals surface area contributed by atoms with Crippen LogP contribution in [0.1, 0.15) is 46.7 Å². The normalized spacial score (nSPS) is 16.3. The number of halogens is 2. The lowest BCUT2D eigenvalue weighted by molar-refractivity contribution is -0.00824. The number of amides is 1. The number of aryl methyl sites for hydroxylation is 1. The Labute approximate surface area is 196 Å². The molecular weight excluding hydrogens is 442 g/mol. The Morgan fingerprint density at radius 1 is 1.29 bits per heavy atom. The van der Waals surface area contributed by atoms with Crippen LogP contribution in [0.15, 0.2) is 42.5 Å². The molecular formula is C25H28F2N4O3. The third-order valence-corrected chi connectivity index (χ3v) is 5.90. The van der Waals surface area contributed by atoms with Crippen molar-refractivity contribution in [2.45, 2.75) is 32.2 Å². The molecule has 3 N–H and O–H groups in total. The molecule has 1 unspecified atom stereocenters. The average Bonchev–Trinajstić information content (AvgIpc) is 3.25. The number of nitrogens with one attached hydrogen (secondary N) is 3. The van der Waals surface area contributed by atoms with Gasteiger partial charge in [-0.1, -0.05) is 19.1 Å². The molecule has 180 valence electrons. The van der Waals surface area contributed by atoms with Gasteiger partial charge in [0.15, 0.2) is 0 Å². The molecule has 34 heavy (non-hydrogen) atoms. The molecule has 4 rings (SSSR count). The number of ether oxygens (including phenoxy) is 2. The van der Waals surface area contributed by atoms with E-state index in [2.05, 4.69) is 20.6 Å². The fourth-order valence-corrected chi connectivity index (χ4v) is 3.96. The Balaban J connectivity index is 1.62. The highest BCUT2D eigenvalue weighted by atomic mass is 19.3. The van der Waals surface area contributed by atoms with E-state index in [1.54, 1.807) is 20.1 Å². The number of hydrogen-bond acceptors (Lipinski definition) is 5. The number of H-pyrrole nitrogens is 1. The van der Waals surface area contributed by atoms with Crippen molar-refractivity contribution < 1.29 is 23.0 Å². The molecule has 1 saturated heterocycles. The molecule has 2 aromatic carbocycles. The molecule has 1 fully saturated rings. The standard InChI is InChI=1S/C25H28F2N4O3/c1-4-25(26,27)16-6-5-7-17(12-16)30-24(32)22-15(2)29-23(31-22)19-9-8-18(33-3)13-20(19)21-14-34-11-10-28-21/h5-9,12-13,21,28H,4,10-11,14H2,1-3H3,(H,29,31)(H,30,32). The number of carbonyl (C=O) groups excluding carboxylic acids is 1. The average molecular weight is 471 g/mol. The van der Waals surface area contributed by atoms with Gasteiger partial charge in [-0.15, -0.1) is 0 Å². The third-order valence-electron chi connectivity index (χ3n) is 5.90. The van der Waals surface area contributed by atoms with Crippen molar-refractivity contribution in [2.24, 2.45) is 0 Å². The lowest BCUT2D eigenvalue weighted by Crippen LogP contribution is -2.34. The minimum Gasteiger partial charge on any atom is -0.497 e. The van der Waals surface area contributed by atoms with E-state index in [9.17, 15) is 13.6 Å². The third kappa shape index (κ3) is 4.95. The van der Waals surface area contributed by atoms with Crippen LogP contribution in [0.4, 0.5) is 14.5 Å². The molecule has 0 radical (unpaired) electrons. The van der Waals surface area contributed by atoms with Crippen LogP contribution in [-0.2, 0) is 10.7 Å². The highest BCUT2D eigenvalue weighted by Gasteiger charge is 2.29. The maximum Gasteiger partial charge on any atom is 0.276 e. The molecule has 0 spiro atoms. The van der Waals surface area contributed by atoms with Crippen molar-refractivity contribution in [3.63, 3.8) is 0 Å². The predicted molar refractivity (Wildman–Crippen MR) is 125 cm³/mol. The maximum absolute atomic E-state index is 14.1. The van der Waals surface area contributed by atoms with E-state index in [4.69, 9.17) is 9.47 Å². The summed E-state index contributed by atoms with van der Waals surface area (Å²) in [7, 11) is 1.61. The van der Waals surface area contributed by atoms with E-state index in [1.165, 1.54) is 25.1 Å². The minimum absolute atomic E-state index is 0.0514. The van der Waals surface area contributed by atoms with E-state index >= 15 is 0 Å². The van der Waals surface area contributed by atoms with Crippen LogP contribution in [0.25, 0.3) is 11.4 Å². The van der Waals surface area contributed by atoms with E-state index in [1.807, 2.05) is 18.2 Å². The molecule has 9 heteroatoms. The van der Waals surface area contributed by atoms with Crippen molar-refractivity contribution in [3.05, 3.63) is 65.0 Å². The topological polar surface area (TPSA) is 88.3 Å². The number of hydrogen-bond donors (Lipinski definition) is 3. The van der Waals surface area contributed by atoms with Crippen molar-refractivity contribution in [2.75, 3.05) is 32.2 Å². The summed E-state index contributed by atoms with van der Waals surface area (Å²) in [5, 5.41) is 6.12. The highest BCUT2D eigenvalue weighted by molar-refractivity contribution is 6.04. The van der Waals surface area contributed by atoms with E-state index < -0.39 is 11.8 Å². The number of carbonyl (C=O) groups is 1. The van der Waals surface area contributed by atoms with Crippen molar-refractivity contribution in [1.82, 2.24) is 15.3 Å². The number of benzene rings is 2. The second-order valence-electron chi connectivity index (χ2n) is 8.19. The number of nitrogens with zero attached hydrogens (tertiary/aromatic N) is 1. The second-order valence-corrected chi connectivity index (χ2v) is 8.19. The predicted octanol–water partition coefficient (Wildman–Crippen LogP) is 4.81. The number of alkyl halides is 2. The van der Waals surface area contributed by atoms with Crippen molar-refractivity contribution in [3.8, 4) is 17.1 Å². The van der Waals surface area contributed by atoms with E-state index in [0.717, 1.165) is 17.7 Å². The van der Waals surface area contributed by atoms with Gasteiger partial charge in [0.25, 0.3) is 11.8 Å². The summed E-state index contributed by atoms with van der Waals surface area (Å²) in [6.45, 7) is 5.04. The summed E-state index contributed by atoms with van der Waals surface area (Å²) in [6, 6.07) is 11.3. The van der Waals surface area contributed by atoms with Crippen LogP contribution >= 0.6 is 0 Å². The molecule has 7 nitrogen and oxygen atoms in total. The Bertz CT molecular complexity index is 1170. The molecule has 1 amide bonds. The fraction of sp³-hybridized carbons (Fsp3) is 0.360. The number of aromatic nitrogens is 2. The quantitative estimate of drug-likeness (QED) is 0.461. The van der Waals surface area contributed by atoms with Crippen LogP contribution in [0.3, 0.4) is 0 Å². The highest BCUT2D eigenvalue weighted by Crippen LogP contribution is 2.33. The van der Waals surface area contributed by atoms with E-state index in [-0.39, 0.29) is 29.4 Å². The summed E-state index contributed by atoms with van der Waals surface area (Å²) in [4.78, 5) is 20.7. The maximum atomic E-state index is 14.1. The molecule has 1 aliphatic rings. The summed E-state index contributed by atoms with van der Waals surface area (Å²) in [6.07, 6.45) is -0.322. The number of rotatable bonds is 7. The summed E-state index contributed by atoms with van der Waals surface area (Å²) >= 11 is 0. The first-order chi connectivity index (χ1) is 16.3. The Hall–Kier alpha value is -3.30. The van der Waals surface area contributed by atoms with Gasteiger partial charge in [-0.25, -0.2) is 13.8 Å². The number of anilines is 1. The molecule has 0 saturated carbocycles. The van der Waals surface area contributed by atoms with Crippen molar-refractivity contribution >= 4 is 11.6 Å². The number of methoxy groups -OCH3 is 1. The lowest BCUT2D eigenvalue weighted by Gasteiger charge is -2.26. The lowest BCUT2D eigenvalue weighted by atomic mass is 9.99. The SMILES string of the molecule is CCC(F)(F)c1cccc(NC(=O)c2nc(-c3ccc(OC)cc3C3COCCN3)[nH]c2C)c1. The number of imidazole rings is 1. The van der Waals surface area contributed by atoms with Gasteiger partial charge >= 0.3 is 0 Å². The first kappa shape index (κ1) is 23.8. The molecule has 0 aliphatic carbocycles. The zero-order valence-electron chi connectivity index (χ0n) is 19.4. The largest absolute Gasteiger partial charge is 0.497 e. The number of morpholine rings is 1. The summed E-state index contributed by atoms with van der Waals surface area (Å²) in [5.74, 6) is -2.21. The number of aromatic amines is 1. The van der Waals surface area contributed by atoms with Gasteiger partial charge in [-0.2, -0.15) is 0 Å². The fourth-order valence-electron chi connectivity index (χ4n) is 3.96. The monoisotopic (exact) mass is 470 g/mol. The minimum atomic E-state index is -2.96. The van der Waals surface area contributed by atoms with Crippen LogP contribution in [0.5, 0.6) is 5.75 Å². The van der Waals surface area contributed by atoms with Crippen molar-refractivity contribution in [1.29, 1.82) is 0 Å². The van der Waals surface area contributed by atoms with Gasteiger partial charge in [-0.05, 0) is 42.8 Å². The molecule has 2 heterocycles. The Morgan fingerprint density at radius 2 is 2.12 bits per heavy atom. The summed E-state index contributed by atoms with van der Waals surface area (Å²) < 4.78 is 39.2. The van der Waals surface area contributed by atoms with Gasteiger partial charge in [0.2, 0.25) is 0 Å². The zero-order valence-corrected chi connectivity index (χ0v) is 19.4. The second kappa shape index (κ2) is 9.90. The van der Waals surface area contributed by atoms with Crippen LogP contribution in [0, 0.1) is 6.92 Å². The van der Waals surface area contributed by atoms with Gasteiger partial charge in [0, 0.05) is 35.5 Å². The Kier molecular flexibility index (Phi) is 6.95.